The molecular weight excluding hydrogens is 268 g/mol. The van der Waals surface area contributed by atoms with Crippen LogP contribution in [0.15, 0.2) is 18.2 Å². The van der Waals surface area contributed by atoms with Crippen LogP contribution in [-0.4, -0.2) is 23.7 Å². The summed E-state index contributed by atoms with van der Waals surface area (Å²) < 4.78 is 0. The Balaban J connectivity index is 1.79. The molecule has 5 nitrogen and oxygen atoms in total. The van der Waals surface area contributed by atoms with E-state index in [0.717, 1.165) is 12.3 Å². The minimum Gasteiger partial charge on any atom is -0.478 e. The molecule has 0 spiro atoms. The molecule has 0 heterocycles. The average molecular weight is 290 g/mol. The Kier molecular flexibility index (Phi) is 5.20. The van der Waals surface area contributed by atoms with E-state index in [-0.39, 0.29) is 11.6 Å². The summed E-state index contributed by atoms with van der Waals surface area (Å²) in [6.07, 6.45) is 6.21. The van der Waals surface area contributed by atoms with Crippen molar-refractivity contribution in [1.29, 1.82) is 0 Å². The zero-order chi connectivity index (χ0) is 15.2. The van der Waals surface area contributed by atoms with Crippen LogP contribution in [0, 0.1) is 12.8 Å². The number of urea groups is 1. The number of carboxylic acid groups (broad SMARTS) is 1. The summed E-state index contributed by atoms with van der Waals surface area (Å²) in [5.41, 5.74) is 1.49. The highest BCUT2D eigenvalue weighted by atomic mass is 16.4. The van der Waals surface area contributed by atoms with Crippen molar-refractivity contribution in [2.75, 3.05) is 11.9 Å². The van der Waals surface area contributed by atoms with Crippen LogP contribution in [0.4, 0.5) is 10.5 Å². The van der Waals surface area contributed by atoms with Crippen LogP contribution < -0.4 is 10.6 Å². The maximum absolute atomic E-state index is 11.8. The van der Waals surface area contributed by atoms with Crippen LogP contribution in [0.2, 0.25) is 0 Å². The lowest BCUT2D eigenvalue weighted by atomic mass is 10.0. The molecule has 0 bridgehead atoms. The van der Waals surface area contributed by atoms with Crippen molar-refractivity contribution in [3.8, 4) is 0 Å². The Morgan fingerprint density at radius 1 is 1.29 bits per heavy atom. The highest BCUT2D eigenvalue weighted by Crippen LogP contribution is 2.26. The van der Waals surface area contributed by atoms with Crippen LogP contribution in [0.3, 0.4) is 0 Å². The normalized spacial score (nSPS) is 14.9. The summed E-state index contributed by atoms with van der Waals surface area (Å²) in [5.74, 6) is -0.206. The van der Waals surface area contributed by atoms with Gasteiger partial charge >= 0.3 is 12.0 Å². The van der Waals surface area contributed by atoms with Gasteiger partial charge in [-0.2, -0.15) is 0 Å². The Hall–Kier alpha value is -2.04. The first kappa shape index (κ1) is 15.4. The van der Waals surface area contributed by atoms with Crippen LogP contribution in [0.1, 0.15) is 48.0 Å². The second-order valence-corrected chi connectivity index (χ2v) is 5.65. The Morgan fingerprint density at radius 2 is 2.00 bits per heavy atom. The number of nitrogens with one attached hydrogen (secondary N) is 2. The number of carbonyl (C=O) groups excluding carboxylic acids is 1. The predicted octanol–water partition coefficient (Wildman–Crippen LogP) is 3.40. The molecule has 1 saturated carbocycles. The number of rotatable bonds is 5. The molecule has 21 heavy (non-hydrogen) atoms. The van der Waals surface area contributed by atoms with Gasteiger partial charge in [-0.05, 0) is 43.0 Å². The third kappa shape index (κ3) is 4.48. The maximum Gasteiger partial charge on any atom is 0.335 e. The molecule has 0 aliphatic heterocycles. The fourth-order valence-corrected chi connectivity index (χ4v) is 2.85. The monoisotopic (exact) mass is 290 g/mol. The van der Waals surface area contributed by atoms with Gasteiger partial charge in [0.1, 0.15) is 0 Å². The minimum absolute atomic E-state index is 0.240. The number of carboxylic acids is 1. The topological polar surface area (TPSA) is 78.4 Å². The number of hydrogen-bond acceptors (Lipinski definition) is 2. The number of aryl methyl sites for hydroxylation is 1. The first-order chi connectivity index (χ1) is 10.1. The summed E-state index contributed by atoms with van der Waals surface area (Å²) in [6.45, 7) is 2.40. The molecule has 114 valence electrons. The van der Waals surface area contributed by atoms with Gasteiger partial charge in [0, 0.05) is 12.2 Å². The van der Waals surface area contributed by atoms with E-state index in [1.54, 1.807) is 19.1 Å². The Bertz CT molecular complexity index is 522. The van der Waals surface area contributed by atoms with Crippen molar-refractivity contribution >= 4 is 17.7 Å². The molecule has 2 rings (SSSR count). The van der Waals surface area contributed by atoms with Gasteiger partial charge in [-0.3, -0.25) is 0 Å². The van der Waals surface area contributed by atoms with E-state index in [2.05, 4.69) is 10.6 Å². The van der Waals surface area contributed by atoms with Crippen molar-refractivity contribution in [3.05, 3.63) is 29.3 Å². The molecule has 0 aromatic heterocycles. The molecule has 0 saturated heterocycles. The summed E-state index contributed by atoms with van der Waals surface area (Å²) in [7, 11) is 0. The average Bonchev–Trinajstić information content (AvgIpc) is 2.91. The van der Waals surface area contributed by atoms with Crippen molar-refractivity contribution in [2.45, 2.75) is 39.0 Å². The van der Waals surface area contributed by atoms with Gasteiger partial charge in [0.25, 0.3) is 0 Å². The molecule has 3 N–H and O–H groups in total. The van der Waals surface area contributed by atoms with Gasteiger partial charge in [-0.1, -0.05) is 25.7 Å². The van der Waals surface area contributed by atoms with Crippen molar-refractivity contribution in [2.24, 2.45) is 5.92 Å². The van der Waals surface area contributed by atoms with E-state index in [9.17, 15) is 9.59 Å². The zero-order valence-corrected chi connectivity index (χ0v) is 12.3. The first-order valence-electron chi connectivity index (χ1n) is 7.45. The number of amides is 2. The third-order valence-electron chi connectivity index (χ3n) is 4.03. The van der Waals surface area contributed by atoms with Crippen molar-refractivity contribution in [1.82, 2.24) is 5.32 Å². The molecule has 0 radical (unpaired) electrons. The maximum atomic E-state index is 11.8. The largest absolute Gasteiger partial charge is 0.478 e. The van der Waals surface area contributed by atoms with Gasteiger partial charge in [0.15, 0.2) is 0 Å². The Labute approximate surface area is 124 Å². The van der Waals surface area contributed by atoms with Crippen LogP contribution in [0.25, 0.3) is 0 Å². The van der Waals surface area contributed by atoms with Gasteiger partial charge in [-0.25, -0.2) is 9.59 Å². The highest BCUT2D eigenvalue weighted by molar-refractivity contribution is 5.92. The molecular formula is C16H22N2O3. The van der Waals surface area contributed by atoms with E-state index in [4.69, 9.17) is 5.11 Å². The molecule has 0 atom stereocenters. The van der Waals surface area contributed by atoms with E-state index >= 15 is 0 Å². The van der Waals surface area contributed by atoms with Gasteiger partial charge in [-0.15, -0.1) is 0 Å². The van der Waals surface area contributed by atoms with Gasteiger partial charge < -0.3 is 15.7 Å². The lowest BCUT2D eigenvalue weighted by Gasteiger charge is -2.11. The summed E-state index contributed by atoms with van der Waals surface area (Å²) in [5, 5.41) is 14.5. The molecule has 0 unspecified atom stereocenters. The molecule has 1 aliphatic rings. The van der Waals surface area contributed by atoms with Gasteiger partial charge in [0.2, 0.25) is 0 Å². The van der Waals surface area contributed by atoms with E-state index in [1.165, 1.54) is 31.7 Å². The number of hydrogen-bond donors (Lipinski definition) is 3. The van der Waals surface area contributed by atoms with E-state index in [1.807, 2.05) is 0 Å². The molecule has 1 fully saturated rings. The Morgan fingerprint density at radius 3 is 2.62 bits per heavy atom. The third-order valence-corrected chi connectivity index (χ3v) is 4.03. The number of benzene rings is 1. The standard InChI is InChI=1S/C16H22N2O3/c1-11-10-13(6-7-14(11)15(19)20)18-16(21)17-9-8-12-4-2-3-5-12/h6-7,10,12H,2-5,8-9H2,1H3,(H,19,20)(H2,17,18,21). The number of aromatic carboxylic acids is 1. The zero-order valence-electron chi connectivity index (χ0n) is 12.3. The van der Waals surface area contributed by atoms with Gasteiger partial charge in [0.05, 0.1) is 5.56 Å². The molecule has 5 heteroatoms. The van der Waals surface area contributed by atoms with Crippen LogP contribution >= 0.6 is 0 Å². The number of carbonyl (C=O) groups is 2. The lowest BCUT2D eigenvalue weighted by molar-refractivity contribution is 0.0696. The fourth-order valence-electron chi connectivity index (χ4n) is 2.85. The smallest absolute Gasteiger partial charge is 0.335 e. The molecule has 1 aliphatic carbocycles. The molecule has 1 aromatic rings. The number of anilines is 1. The van der Waals surface area contributed by atoms with Crippen molar-refractivity contribution < 1.29 is 14.7 Å². The second-order valence-electron chi connectivity index (χ2n) is 5.65. The van der Waals surface area contributed by atoms with Crippen molar-refractivity contribution in [3.63, 3.8) is 0 Å². The SMILES string of the molecule is Cc1cc(NC(=O)NCCC2CCCC2)ccc1C(=O)O. The van der Waals surface area contributed by atoms with E-state index < -0.39 is 5.97 Å². The van der Waals surface area contributed by atoms with Crippen LogP contribution in [0.5, 0.6) is 0 Å². The fraction of sp³-hybridized carbons (Fsp3) is 0.500. The predicted molar refractivity (Wildman–Crippen MR) is 81.7 cm³/mol. The molecule has 2 amide bonds. The second kappa shape index (κ2) is 7.11. The summed E-state index contributed by atoms with van der Waals surface area (Å²) in [4.78, 5) is 22.7. The summed E-state index contributed by atoms with van der Waals surface area (Å²) in [6, 6.07) is 4.54. The highest BCUT2D eigenvalue weighted by Gasteiger charge is 2.14. The quantitative estimate of drug-likeness (QED) is 0.777. The minimum atomic E-state index is -0.958. The summed E-state index contributed by atoms with van der Waals surface area (Å²) >= 11 is 0. The first-order valence-corrected chi connectivity index (χ1v) is 7.45. The lowest BCUT2D eigenvalue weighted by Crippen LogP contribution is -2.30. The van der Waals surface area contributed by atoms with E-state index in [0.29, 0.717) is 17.8 Å². The molecule has 1 aromatic carbocycles. The van der Waals surface area contributed by atoms with Crippen LogP contribution in [-0.2, 0) is 0 Å².